The Bertz CT molecular complexity index is 832. The highest BCUT2D eigenvalue weighted by Gasteiger charge is 2.48. The van der Waals surface area contributed by atoms with E-state index in [9.17, 15) is 0 Å². The first-order valence-electron chi connectivity index (χ1n) is 9.85. The summed E-state index contributed by atoms with van der Waals surface area (Å²) < 4.78 is 0. The maximum Gasteiger partial charge on any atom is 0.0487 e. The molecule has 27 heavy (non-hydrogen) atoms. The molecule has 1 heterocycles. The van der Waals surface area contributed by atoms with Gasteiger partial charge in [0.15, 0.2) is 0 Å². The van der Waals surface area contributed by atoms with Gasteiger partial charge >= 0.3 is 0 Å². The summed E-state index contributed by atoms with van der Waals surface area (Å²) >= 11 is 0. The highest BCUT2D eigenvalue weighted by atomic mass is 15.3. The van der Waals surface area contributed by atoms with Crippen LogP contribution in [0.3, 0.4) is 0 Å². The Morgan fingerprint density at radius 1 is 0.815 bits per heavy atom. The minimum absolute atomic E-state index is 0.290. The van der Waals surface area contributed by atoms with Crippen LogP contribution in [0.15, 0.2) is 91.0 Å². The molecule has 2 nitrogen and oxygen atoms in total. The molecule has 0 unspecified atom stereocenters. The molecule has 1 saturated heterocycles. The number of rotatable bonds is 6. The van der Waals surface area contributed by atoms with Crippen molar-refractivity contribution >= 4 is 0 Å². The van der Waals surface area contributed by atoms with Crippen LogP contribution in [0.4, 0.5) is 0 Å². The lowest BCUT2D eigenvalue weighted by molar-refractivity contribution is -0.00319. The molecule has 0 aliphatic carbocycles. The molecule has 138 valence electrons. The lowest BCUT2D eigenvalue weighted by atomic mass is 9.71. The Labute approximate surface area is 162 Å². The molecule has 4 rings (SSSR count). The molecule has 0 saturated carbocycles. The second-order valence-electron chi connectivity index (χ2n) is 7.59. The standard InChI is InChI=1S/C25H28N2/c1-19-23(21-14-8-4-9-15-21)25(27(19)2)24(22-16-10-5-11-17-22)26-18-20-12-6-3-7-13-20/h3-17,19,23-26H,18H2,1-2H3/t19-,23+,24-,25+/m0/s1. The van der Waals surface area contributed by atoms with Crippen molar-refractivity contribution in [3.05, 3.63) is 108 Å². The highest BCUT2D eigenvalue weighted by molar-refractivity contribution is 5.32. The van der Waals surface area contributed by atoms with Gasteiger partial charge in [-0.3, -0.25) is 4.90 Å². The molecule has 2 heteroatoms. The molecule has 0 bridgehead atoms. The average Bonchev–Trinajstić information content (AvgIpc) is 2.75. The van der Waals surface area contributed by atoms with E-state index < -0.39 is 0 Å². The first-order chi connectivity index (χ1) is 13.3. The maximum atomic E-state index is 3.86. The Balaban J connectivity index is 1.63. The average molecular weight is 357 g/mol. The fourth-order valence-corrected chi connectivity index (χ4v) is 4.48. The second kappa shape index (κ2) is 8.08. The van der Waals surface area contributed by atoms with E-state index in [1.807, 2.05) is 0 Å². The molecule has 1 N–H and O–H groups in total. The number of nitrogens with one attached hydrogen (secondary N) is 1. The molecule has 4 atom stereocenters. The molecule has 0 amide bonds. The van der Waals surface area contributed by atoms with Crippen LogP contribution in [0.1, 0.15) is 35.6 Å². The summed E-state index contributed by atoms with van der Waals surface area (Å²) in [7, 11) is 2.26. The predicted octanol–water partition coefficient (Wildman–Crippen LogP) is 5.00. The van der Waals surface area contributed by atoms with Crippen LogP contribution in [0.5, 0.6) is 0 Å². The topological polar surface area (TPSA) is 15.3 Å². The molecule has 0 aromatic heterocycles. The molecule has 1 aliphatic heterocycles. The first kappa shape index (κ1) is 18.0. The normalized spacial score (nSPS) is 23.6. The van der Waals surface area contributed by atoms with Crippen LogP contribution < -0.4 is 5.32 Å². The van der Waals surface area contributed by atoms with E-state index in [0.29, 0.717) is 18.0 Å². The summed E-state index contributed by atoms with van der Waals surface area (Å²) in [5.41, 5.74) is 4.12. The molecular weight excluding hydrogens is 328 g/mol. The van der Waals surface area contributed by atoms with Gasteiger partial charge in [-0.25, -0.2) is 0 Å². The Morgan fingerprint density at radius 2 is 1.37 bits per heavy atom. The fourth-order valence-electron chi connectivity index (χ4n) is 4.48. The Kier molecular flexibility index (Phi) is 5.38. The summed E-state index contributed by atoms with van der Waals surface area (Å²) in [6.45, 7) is 3.22. The molecule has 3 aromatic carbocycles. The van der Waals surface area contributed by atoms with Gasteiger partial charge in [0.25, 0.3) is 0 Å². The highest BCUT2D eigenvalue weighted by Crippen LogP contribution is 2.45. The predicted molar refractivity (Wildman–Crippen MR) is 113 cm³/mol. The molecule has 0 radical (unpaired) electrons. The number of nitrogens with zero attached hydrogens (tertiary/aromatic N) is 1. The van der Waals surface area contributed by atoms with Crippen molar-refractivity contribution in [1.82, 2.24) is 10.2 Å². The summed E-state index contributed by atoms with van der Waals surface area (Å²) in [6.07, 6.45) is 0. The lowest BCUT2D eigenvalue weighted by Gasteiger charge is -2.56. The van der Waals surface area contributed by atoms with E-state index in [1.54, 1.807) is 0 Å². The monoisotopic (exact) mass is 356 g/mol. The van der Waals surface area contributed by atoms with Crippen molar-refractivity contribution in [3.63, 3.8) is 0 Å². The van der Waals surface area contributed by atoms with Gasteiger partial charge in [-0.1, -0.05) is 91.0 Å². The zero-order chi connectivity index (χ0) is 18.6. The number of hydrogen-bond acceptors (Lipinski definition) is 2. The SMILES string of the molecule is C[C@H]1[C@H](c2ccccc2)[C@H]([C@@H](NCc2ccccc2)c2ccccc2)N1C. The van der Waals surface area contributed by atoms with Crippen molar-refractivity contribution in [2.24, 2.45) is 0 Å². The number of likely N-dealkylation sites (tertiary alicyclic amines) is 1. The summed E-state index contributed by atoms with van der Waals surface area (Å²) in [6, 6.07) is 33.8. The van der Waals surface area contributed by atoms with E-state index >= 15 is 0 Å². The molecule has 3 aromatic rings. The molecular formula is C25H28N2. The zero-order valence-corrected chi connectivity index (χ0v) is 16.1. The van der Waals surface area contributed by atoms with Crippen LogP contribution in [-0.4, -0.2) is 24.0 Å². The number of hydrogen-bond donors (Lipinski definition) is 1. The van der Waals surface area contributed by atoms with Gasteiger partial charge in [0.2, 0.25) is 0 Å². The fraction of sp³-hybridized carbons (Fsp3) is 0.280. The largest absolute Gasteiger partial charge is 0.304 e. The van der Waals surface area contributed by atoms with Crippen LogP contribution in [0.25, 0.3) is 0 Å². The third-order valence-corrected chi connectivity index (χ3v) is 6.05. The van der Waals surface area contributed by atoms with Gasteiger partial charge in [-0.2, -0.15) is 0 Å². The van der Waals surface area contributed by atoms with Crippen molar-refractivity contribution in [1.29, 1.82) is 0 Å². The maximum absolute atomic E-state index is 3.86. The third kappa shape index (κ3) is 3.69. The van der Waals surface area contributed by atoms with E-state index in [-0.39, 0.29) is 6.04 Å². The minimum Gasteiger partial charge on any atom is -0.304 e. The molecule has 1 aliphatic rings. The van der Waals surface area contributed by atoms with E-state index in [0.717, 1.165) is 6.54 Å². The molecule has 0 spiro atoms. The van der Waals surface area contributed by atoms with Gasteiger partial charge < -0.3 is 5.32 Å². The summed E-state index contributed by atoms with van der Waals surface area (Å²) in [4.78, 5) is 2.52. The zero-order valence-electron chi connectivity index (χ0n) is 16.1. The summed E-state index contributed by atoms with van der Waals surface area (Å²) in [5, 5.41) is 3.86. The second-order valence-corrected chi connectivity index (χ2v) is 7.59. The lowest BCUT2D eigenvalue weighted by Crippen LogP contribution is -2.63. The van der Waals surface area contributed by atoms with Gasteiger partial charge in [-0.05, 0) is 30.7 Å². The van der Waals surface area contributed by atoms with Crippen LogP contribution in [-0.2, 0) is 6.54 Å². The van der Waals surface area contributed by atoms with E-state index in [4.69, 9.17) is 0 Å². The van der Waals surface area contributed by atoms with Gasteiger partial charge in [-0.15, -0.1) is 0 Å². The smallest absolute Gasteiger partial charge is 0.0487 e. The van der Waals surface area contributed by atoms with E-state index in [1.165, 1.54) is 16.7 Å². The van der Waals surface area contributed by atoms with Crippen molar-refractivity contribution < 1.29 is 0 Å². The van der Waals surface area contributed by atoms with E-state index in [2.05, 4.69) is 115 Å². The molecule has 1 fully saturated rings. The van der Waals surface area contributed by atoms with Gasteiger partial charge in [0.05, 0.1) is 0 Å². The Hall–Kier alpha value is -2.42. The van der Waals surface area contributed by atoms with Crippen molar-refractivity contribution in [2.75, 3.05) is 7.05 Å². The van der Waals surface area contributed by atoms with Crippen LogP contribution in [0.2, 0.25) is 0 Å². The minimum atomic E-state index is 0.290. The number of benzene rings is 3. The van der Waals surface area contributed by atoms with Gasteiger partial charge in [0, 0.05) is 30.6 Å². The summed E-state index contributed by atoms with van der Waals surface area (Å²) in [5.74, 6) is 0.532. The van der Waals surface area contributed by atoms with Gasteiger partial charge in [0.1, 0.15) is 0 Å². The van der Waals surface area contributed by atoms with Crippen molar-refractivity contribution in [2.45, 2.75) is 37.5 Å². The Morgan fingerprint density at radius 3 is 2.00 bits per heavy atom. The van der Waals surface area contributed by atoms with Crippen LogP contribution in [0, 0.1) is 0 Å². The quantitative estimate of drug-likeness (QED) is 0.668. The number of likely N-dealkylation sites (N-methyl/N-ethyl adjacent to an activating group) is 1. The van der Waals surface area contributed by atoms with Crippen molar-refractivity contribution in [3.8, 4) is 0 Å². The van der Waals surface area contributed by atoms with Crippen LogP contribution >= 0.6 is 0 Å². The third-order valence-electron chi connectivity index (χ3n) is 6.05. The first-order valence-corrected chi connectivity index (χ1v) is 9.85.